The summed E-state index contributed by atoms with van der Waals surface area (Å²) < 4.78 is 5.90. The highest BCUT2D eigenvalue weighted by molar-refractivity contribution is 5.69. The van der Waals surface area contributed by atoms with Gasteiger partial charge in [-0.1, -0.05) is 121 Å². The molecule has 0 aliphatic heterocycles. The number of esters is 1. The van der Waals surface area contributed by atoms with Gasteiger partial charge in [0.2, 0.25) is 0 Å². The quantitative estimate of drug-likeness (QED) is 0.0461. The molecule has 0 bridgehead atoms. The molecule has 0 aliphatic rings. The number of carboxylic acids is 1. The second-order valence-electron chi connectivity index (χ2n) is 12.4. The Balaban J connectivity index is 3.79. The van der Waals surface area contributed by atoms with E-state index < -0.39 is 5.97 Å². The van der Waals surface area contributed by atoms with Gasteiger partial charge in [-0.15, -0.1) is 0 Å². The van der Waals surface area contributed by atoms with E-state index in [1.807, 2.05) is 0 Å². The van der Waals surface area contributed by atoms with Crippen LogP contribution in [-0.4, -0.2) is 23.1 Å². The SMILES string of the molecule is CCCCC/C=C\C/C=C\CCCC/C=C\CCCCCCCC(=O)OC(CCCCCCC)CCCCCCC(=O)O. The standard InChI is InChI=1S/C39H70O4/c1-3-5-7-9-10-11-12-13-14-15-16-17-18-19-20-21-22-23-24-26-32-36-39(42)43-37(33-29-25-8-6-4-2)34-30-27-28-31-35-38(40)41/h10-11,13-14,19-20,37H,3-9,12,15-18,21-36H2,1-2H3,(H,40,41)/b11-10-,14-13-,20-19-. The van der Waals surface area contributed by atoms with Gasteiger partial charge in [0.15, 0.2) is 0 Å². The maximum absolute atomic E-state index is 12.5. The summed E-state index contributed by atoms with van der Waals surface area (Å²) in [5.74, 6) is -0.745. The number of hydrogen-bond donors (Lipinski definition) is 1. The summed E-state index contributed by atoms with van der Waals surface area (Å²) in [5.41, 5.74) is 0. The monoisotopic (exact) mass is 603 g/mol. The minimum Gasteiger partial charge on any atom is -0.481 e. The summed E-state index contributed by atoms with van der Waals surface area (Å²) in [7, 11) is 0. The summed E-state index contributed by atoms with van der Waals surface area (Å²) in [6.07, 6.45) is 44.6. The highest BCUT2D eigenvalue weighted by atomic mass is 16.5. The highest BCUT2D eigenvalue weighted by Gasteiger charge is 2.14. The van der Waals surface area contributed by atoms with E-state index in [4.69, 9.17) is 9.84 Å². The Labute approximate surface area is 267 Å². The van der Waals surface area contributed by atoms with Crippen LogP contribution < -0.4 is 0 Å². The van der Waals surface area contributed by atoms with Crippen LogP contribution in [0.15, 0.2) is 36.5 Å². The molecule has 0 amide bonds. The molecule has 0 heterocycles. The third kappa shape index (κ3) is 34.5. The minimum absolute atomic E-state index is 0.0301. The Morgan fingerprint density at radius 1 is 0.512 bits per heavy atom. The number of carboxylic acid groups (broad SMARTS) is 1. The van der Waals surface area contributed by atoms with Crippen molar-refractivity contribution in [1.29, 1.82) is 0 Å². The van der Waals surface area contributed by atoms with Crippen molar-refractivity contribution in [3.63, 3.8) is 0 Å². The fourth-order valence-corrected chi connectivity index (χ4v) is 5.33. The third-order valence-electron chi connectivity index (χ3n) is 8.08. The minimum atomic E-state index is -0.715. The summed E-state index contributed by atoms with van der Waals surface area (Å²) in [5, 5.41) is 8.79. The summed E-state index contributed by atoms with van der Waals surface area (Å²) >= 11 is 0. The highest BCUT2D eigenvalue weighted by Crippen LogP contribution is 2.18. The number of hydrogen-bond acceptors (Lipinski definition) is 3. The fourth-order valence-electron chi connectivity index (χ4n) is 5.33. The van der Waals surface area contributed by atoms with Gasteiger partial charge in [0, 0.05) is 12.8 Å². The smallest absolute Gasteiger partial charge is 0.306 e. The maximum atomic E-state index is 12.5. The first kappa shape index (κ1) is 41.2. The number of ether oxygens (including phenoxy) is 1. The Morgan fingerprint density at radius 3 is 1.47 bits per heavy atom. The largest absolute Gasteiger partial charge is 0.481 e. The van der Waals surface area contributed by atoms with Crippen molar-refractivity contribution in [2.45, 2.75) is 200 Å². The molecule has 0 saturated heterocycles. The maximum Gasteiger partial charge on any atom is 0.306 e. The molecule has 1 N–H and O–H groups in total. The Bertz CT molecular complexity index is 693. The molecule has 250 valence electrons. The lowest BCUT2D eigenvalue weighted by molar-refractivity contribution is -0.150. The van der Waals surface area contributed by atoms with E-state index in [-0.39, 0.29) is 18.5 Å². The van der Waals surface area contributed by atoms with Gasteiger partial charge in [0.25, 0.3) is 0 Å². The van der Waals surface area contributed by atoms with Gasteiger partial charge in [-0.25, -0.2) is 0 Å². The Kier molecular flexibility index (Phi) is 33.2. The van der Waals surface area contributed by atoms with Crippen LogP contribution in [0.3, 0.4) is 0 Å². The first-order valence-corrected chi connectivity index (χ1v) is 18.5. The number of carbonyl (C=O) groups is 2. The molecule has 0 aromatic carbocycles. The number of allylic oxidation sites excluding steroid dienone is 6. The van der Waals surface area contributed by atoms with E-state index in [1.54, 1.807) is 0 Å². The van der Waals surface area contributed by atoms with Gasteiger partial charge >= 0.3 is 11.9 Å². The van der Waals surface area contributed by atoms with Crippen molar-refractivity contribution in [1.82, 2.24) is 0 Å². The van der Waals surface area contributed by atoms with Crippen LogP contribution in [0.1, 0.15) is 194 Å². The van der Waals surface area contributed by atoms with E-state index in [1.165, 1.54) is 103 Å². The van der Waals surface area contributed by atoms with Gasteiger partial charge in [-0.3, -0.25) is 9.59 Å². The van der Waals surface area contributed by atoms with Gasteiger partial charge in [0.1, 0.15) is 6.10 Å². The molecule has 0 radical (unpaired) electrons. The lowest BCUT2D eigenvalue weighted by Gasteiger charge is -2.18. The number of rotatable bonds is 33. The number of carbonyl (C=O) groups excluding carboxylic acids is 1. The van der Waals surface area contributed by atoms with Crippen molar-refractivity contribution in [3.8, 4) is 0 Å². The normalized spacial score (nSPS) is 12.6. The van der Waals surface area contributed by atoms with Gasteiger partial charge in [-0.05, 0) is 96.3 Å². The predicted octanol–water partition coefficient (Wildman–Crippen LogP) is 12.6. The predicted molar refractivity (Wildman–Crippen MR) is 186 cm³/mol. The Hall–Kier alpha value is -1.84. The Morgan fingerprint density at radius 2 is 0.907 bits per heavy atom. The molecule has 0 aliphatic carbocycles. The lowest BCUT2D eigenvalue weighted by atomic mass is 10.0. The van der Waals surface area contributed by atoms with Crippen molar-refractivity contribution >= 4 is 11.9 Å². The molecule has 0 saturated carbocycles. The van der Waals surface area contributed by atoms with E-state index in [0.717, 1.165) is 64.2 Å². The molecule has 43 heavy (non-hydrogen) atoms. The average Bonchev–Trinajstić information content (AvgIpc) is 2.99. The molecular formula is C39H70O4. The zero-order chi connectivity index (χ0) is 31.5. The van der Waals surface area contributed by atoms with Crippen molar-refractivity contribution < 1.29 is 19.4 Å². The molecule has 0 spiro atoms. The van der Waals surface area contributed by atoms with Crippen LogP contribution in [0.2, 0.25) is 0 Å². The topological polar surface area (TPSA) is 63.6 Å². The molecule has 0 fully saturated rings. The van der Waals surface area contributed by atoms with Crippen molar-refractivity contribution in [2.75, 3.05) is 0 Å². The van der Waals surface area contributed by atoms with Crippen LogP contribution in [0.4, 0.5) is 0 Å². The van der Waals surface area contributed by atoms with E-state index in [2.05, 4.69) is 50.3 Å². The molecule has 4 nitrogen and oxygen atoms in total. The lowest BCUT2D eigenvalue weighted by Crippen LogP contribution is -2.18. The van der Waals surface area contributed by atoms with Gasteiger partial charge in [-0.2, -0.15) is 0 Å². The zero-order valence-corrected chi connectivity index (χ0v) is 28.5. The first-order valence-electron chi connectivity index (χ1n) is 18.5. The fraction of sp³-hybridized carbons (Fsp3) is 0.795. The molecule has 1 unspecified atom stereocenters. The number of aliphatic carboxylic acids is 1. The van der Waals surface area contributed by atoms with Crippen molar-refractivity contribution in [3.05, 3.63) is 36.5 Å². The van der Waals surface area contributed by atoms with Crippen LogP contribution in [0.25, 0.3) is 0 Å². The molecule has 4 heteroatoms. The van der Waals surface area contributed by atoms with Crippen molar-refractivity contribution in [2.24, 2.45) is 0 Å². The summed E-state index contributed by atoms with van der Waals surface area (Å²) in [6, 6.07) is 0. The zero-order valence-electron chi connectivity index (χ0n) is 28.5. The van der Waals surface area contributed by atoms with E-state index in [9.17, 15) is 9.59 Å². The van der Waals surface area contributed by atoms with Crippen LogP contribution in [0, 0.1) is 0 Å². The van der Waals surface area contributed by atoms with E-state index in [0.29, 0.717) is 6.42 Å². The average molecular weight is 603 g/mol. The molecular weight excluding hydrogens is 532 g/mol. The third-order valence-corrected chi connectivity index (χ3v) is 8.08. The summed E-state index contributed by atoms with van der Waals surface area (Å²) in [4.78, 5) is 23.2. The van der Waals surface area contributed by atoms with Crippen LogP contribution in [0.5, 0.6) is 0 Å². The van der Waals surface area contributed by atoms with Gasteiger partial charge in [0.05, 0.1) is 0 Å². The molecule has 0 rings (SSSR count). The molecule has 0 aromatic rings. The molecule has 0 aromatic heterocycles. The van der Waals surface area contributed by atoms with Crippen LogP contribution >= 0.6 is 0 Å². The second kappa shape index (κ2) is 34.6. The van der Waals surface area contributed by atoms with Gasteiger partial charge < -0.3 is 9.84 Å². The number of unbranched alkanes of at least 4 members (excludes halogenated alkanes) is 18. The first-order chi connectivity index (χ1) is 21.1. The summed E-state index contributed by atoms with van der Waals surface area (Å²) in [6.45, 7) is 4.48. The van der Waals surface area contributed by atoms with E-state index >= 15 is 0 Å². The van der Waals surface area contributed by atoms with Crippen LogP contribution in [-0.2, 0) is 14.3 Å². The second-order valence-corrected chi connectivity index (χ2v) is 12.4. The molecule has 1 atom stereocenters.